The van der Waals surface area contributed by atoms with Crippen molar-refractivity contribution in [3.63, 3.8) is 0 Å². The molecule has 2 amide bonds. The maximum Gasteiger partial charge on any atom is 0.255 e. The van der Waals surface area contributed by atoms with Gasteiger partial charge in [0.15, 0.2) is 0 Å². The highest BCUT2D eigenvalue weighted by atomic mass is 19.1. The first-order chi connectivity index (χ1) is 16.5. The SMILES string of the molecule is CC.Cc1ccc(NC=O)cc1.O=CNc1ccc(-n2ccccc2=O)cc1F.OCC1CC1. The molecule has 0 spiro atoms. The van der Waals surface area contributed by atoms with Crippen LogP contribution in [0.3, 0.4) is 0 Å². The minimum atomic E-state index is -0.592. The van der Waals surface area contributed by atoms with E-state index in [1.807, 2.05) is 45.0 Å². The van der Waals surface area contributed by atoms with Gasteiger partial charge in [-0.1, -0.05) is 37.6 Å². The third-order valence-electron chi connectivity index (χ3n) is 4.50. The summed E-state index contributed by atoms with van der Waals surface area (Å²) in [5, 5.41) is 13.0. The molecule has 1 aliphatic carbocycles. The molecule has 1 heterocycles. The first kappa shape index (κ1) is 28.3. The second-order valence-electron chi connectivity index (χ2n) is 7.09. The van der Waals surface area contributed by atoms with Gasteiger partial charge in [0.1, 0.15) is 5.82 Å². The molecule has 0 aliphatic heterocycles. The molecule has 1 aromatic heterocycles. The van der Waals surface area contributed by atoms with E-state index in [-0.39, 0.29) is 11.2 Å². The van der Waals surface area contributed by atoms with Gasteiger partial charge in [0.05, 0.1) is 11.4 Å². The highest BCUT2D eigenvalue weighted by Crippen LogP contribution is 2.27. The standard InChI is InChI=1S/C12H9FN2O2.C8H9NO.C4H8O.C2H6/c13-10-7-9(4-5-11(10)14-8-16)15-6-2-1-3-12(15)17;1-7-2-4-8(5-3-7)9-6-10;5-3-4-1-2-4;1-2/h1-8H,(H,14,16);2-6H,1H3,(H,9,10);4-5H,1-3H2;1-2H3. The van der Waals surface area contributed by atoms with Crippen LogP contribution in [0.15, 0.2) is 71.7 Å². The Bertz CT molecular complexity index is 1060. The van der Waals surface area contributed by atoms with Gasteiger partial charge in [0.25, 0.3) is 5.56 Å². The fraction of sp³-hybridized carbons (Fsp3) is 0.269. The average molecular weight is 470 g/mol. The number of hydrogen-bond donors (Lipinski definition) is 3. The summed E-state index contributed by atoms with van der Waals surface area (Å²) < 4.78 is 14.8. The van der Waals surface area contributed by atoms with Crippen molar-refractivity contribution in [3.8, 4) is 5.69 Å². The van der Waals surface area contributed by atoms with Crippen LogP contribution in [0.25, 0.3) is 5.69 Å². The Hall–Kier alpha value is -3.78. The van der Waals surface area contributed by atoms with Crippen molar-refractivity contribution in [1.29, 1.82) is 0 Å². The lowest BCUT2D eigenvalue weighted by Gasteiger charge is -2.07. The normalized spacial score (nSPS) is 11.2. The topological polar surface area (TPSA) is 100 Å². The van der Waals surface area contributed by atoms with Crippen molar-refractivity contribution in [1.82, 2.24) is 4.57 Å². The molecule has 7 nitrogen and oxygen atoms in total. The van der Waals surface area contributed by atoms with E-state index in [4.69, 9.17) is 5.11 Å². The van der Waals surface area contributed by atoms with E-state index in [9.17, 15) is 18.8 Å². The number of rotatable bonds is 6. The number of halogens is 1. The van der Waals surface area contributed by atoms with Crippen LogP contribution < -0.4 is 16.2 Å². The van der Waals surface area contributed by atoms with Gasteiger partial charge in [0.2, 0.25) is 12.8 Å². The van der Waals surface area contributed by atoms with Gasteiger partial charge in [-0.15, -0.1) is 0 Å². The molecule has 0 saturated heterocycles. The van der Waals surface area contributed by atoms with Gasteiger partial charge in [0, 0.05) is 30.6 Å². The molecule has 0 radical (unpaired) electrons. The van der Waals surface area contributed by atoms with Gasteiger partial charge >= 0.3 is 0 Å². The van der Waals surface area contributed by atoms with Gasteiger partial charge in [-0.05, 0) is 56.0 Å². The Labute approximate surface area is 199 Å². The number of aromatic nitrogens is 1. The minimum Gasteiger partial charge on any atom is -0.396 e. The summed E-state index contributed by atoms with van der Waals surface area (Å²) in [6, 6.07) is 16.4. The number of nitrogens with one attached hydrogen (secondary N) is 2. The van der Waals surface area contributed by atoms with Gasteiger partial charge < -0.3 is 15.7 Å². The lowest BCUT2D eigenvalue weighted by Crippen LogP contribution is -2.15. The van der Waals surface area contributed by atoms with E-state index in [1.54, 1.807) is 24.4 Å². The number of amides is 2. The fourth-order valence-electron chi connectivity index (χ4n) is 2.49. The van der Waals surface area contributed by atoms with Crippen LogP contribution in [-0.2, 0) is 9.59 Å². The number of aryl methyl sites for hydroxylation is 1. The lowest BCUT2D eigenvalue weighted by atomic mass is 10.2. The highest BCUT2D eigenvalue weighted by Gasteiger charge is 2.18. The Kier molecular flexibility index (Phi) is 13.2. The average Bonchev–Trinajstić information content (AvgIpc) is 3.70. The summed E-state index contributed by atoms with van der Waals surface area (Å²) in [6.07, 6.45) is 5.13. The monoisotopic (exact) mass is 469 g/mol. The number of pyridine rings is 1. The first-order valence-electron chi connectivity index (χ1n) is 11.0. The summed E-state index contributed by atoms with van der Waals surface area (Å²) in [7, 11) is 0. The molecule has 0 unspecified atom stereocenters. The van der Waals surface area contributed by atoms with Crippen molar-refractivity contribution < 1.29 is 19.1 Å². The molecular formula is C26H32FN3O4. The summed E-state index contributed by atoms with van der Waals surface area (Å²) in [5.41, 5.74) is 2.26. The number of aliphatic hydroxyl groups is 1. The van der Waals surface area contributed by atoms with Crippen LogP contribution in [-0.4, -0.2) is 29.1 Å². The van der Waals surface area contributed by atoms with Gasteiger partial charge in [-0.2, -0.15) is 0 Å². The molecule has 8 heteroatoms. The van der Waals surface area contributed by atoms with Crippen molar-refractivity contribution in [2.45, 2.75) is 33.6 Å². The maximum absolute atomic E-state index is 13.5. The number of carbonyl (C=O) groups excluding carboxylic acids is 2. The third kappa shape index (κ3) is 10.2. The molecule has 1 fully saturated rings. The van der Waals surface area contributed by atoms with Gasteiger partial charge in [-0.3, -0.25) is 19.0 Å². The van der Waals surface area contributed by atoms with E-state index in [2.05, 4.69) is 10.6 Å². The van der Waals surface area contributed by atoms with E-state index < -0.39 is 5.82 Å². The molecule has 182 valence electrons. The molecule has 1 saturated carbocycles. The van der Waals surface area contributed by atoms with Crippen molar-refractivity contribution in [2.75, 3.05) is 17.2 Å². The zero-order chi connectivity index (χ0) is 25.3. The largest absolute Gasteiger partial charge is 0.396 e. The maximum atomic E-state index is 13.5. The number of nitrogens with zero attached hydrogens (tertiary/aromatic N) is 1. The molecule has 34 heavy (non-hydrogen) atoms. The second kappa shape index (κ2) is 15.9. The van der Waals surface area contributed by atoms with Crippen LogP contribution in [0.1, 0.15) is 32.3 Å². The summed E-state index contributed by atoms with van der Waals surface area (Å²) >= 11 is 0. The molecule has 3 aromatic rings. The number of carbonyl (C=O) groups is 2. The fourth-order valence-corrected chi connectivity index (χ4v) is 2.49. The zero-order valence-corrected chi connectivity index (χ0v) is 19.7. The summed E-state index contributed by atoms with van der Waals surface area (Å²) in [6.45, 7) is 6.42. The molecule has 3 N–H and O–H groups in total. The van der Waals surface area contributed by atoms with Crippen LogP contribution in [0, 0.1) is 18.7 Å². The number of aliphatic hydroxyl groups excluding tert-OH is 1. The quantitative estimate of drug-likeness (QED) is 0.462. The van der Waals surface area contributed by atoms with Gasteiger partial charge in [-0.25, -0.2) is 4.39 Å². The Morgan fingerprint density at radius 3 is 2.12 bits per heavy atom. The second-order valence-corrected chi connectivity index (χ2v) is 7.09. The van der Waals surface area contributed by atoms with Crippen LogP contribution in [0.2, 0.25) is 0 Å². The molecule has 4 rings (SSSR count). The van der Waals surface area contributed by atoms with Crippen molar-refractivity contribution in [3.05, 3.63) is 88.6 Å². The summed E-state index contributed by atoms with van der Waals surface area (Å²) in [5.74, 6) is 0.0975. The molecule has 1 aliphatic rings. The van der Waals surface area contributed by atoms with Crippen LogP contribution in [0.5, 0.6) is 0 Å². The van der Waals surface area contributed by atoms with E-state index >= 15 is 0 Å². The predicted molar refractivity (Wildman–Crippen MR) is 134 cm³/mol. The summed E-state index contributed by atoms with van der Waals surface area (Å²) in [4.78, 5) is 31.7. The number of benzene rings is 2. The van der Waals surface area contributed by atoms with Crippen LogP contribution in [0.4, 0.5) is 15.8 Å². The number of anilines is 2. The highest BCUT2D eigenvalue weighted by molar-refractivity contribution is 5.72. The Morgan fingerprint density at radius 1 is 1.00 bits per heavy atom. The molecule has 0 atom stereocenters. The third-order valence-corrected chi connectivity index (χ3v) is 4.50. The predicted octanol–water partition coefficient (Wildman–Crippen LogP) is 4.52. The smallest absolute Gasteiger partial charge is 0.255 e. The zero-order valence-electron chi connectivity index (χ0n) is 19.7. The first-order valence-corrected chi connectivity index (χ1v) is 11.0. The van der Waals surface area contributed by atoms with Crippen LogP contribution >= 0.6 is 0 Å². The van der Waals surface area contributed by atoms with E-state index in [0.29, 0.717) is 31.0 Å². The Balaban J connectivity index is 0.000000285. The molecule has 0 bridgehead atoms. The molecular weight excluding hydrogens is 437 g/mol. The number of hydrogen-bond acceptors (Lipinski definition) is 4. The molecule has 2 aromatic carbocycles. The Morgan fingerprint density at radius 2 is 1.65 bits per heavy atom. The van der Waals surface area contributed by atoms with Crippen molar-refractivity contribution in [2.24, 2.45) is 5.92 Å². The lowest BCUT2D eigenvalue weighted by molar-refractivity contribution is -0.106. The van der Waals surface area contributed by atoms with E-state index in [1.165, 1.54) is 41.2 Å². The van der Waals surface area contributed by atoms with Crippen molar-refractivity contribution >= 4 is 24.2 Å². The van der Waals surface area contributed by atoms with E-state index in [0.717, 1.165) is 5.69 Å². The minimum absolute atomic E-state index is 0.0766.